The number of thiophene rings is 1. The highest BCUT2D eigenvalue weighted by Gasteiger charge is 2.33. The number of hydrogen-bond donors (Lipinski definition) is 0. The van der Waals surface area contributed by atoms with E-state index >= 15 is 0 Å². The maximum Gasteiger partial charge on any atom is 0.254 e. The van der Waals surface area contributed by atoms with Gasteiger partial charge in [-0.25, -0.2) is 0 Å². The van der Waals surface area contributed by atoms with Crippen LogP contribution in [-0.4, -0.2) is 41.2 Å². The largest absolute Gasteiger partial charge is 0.330 e. The predicted molar refractivity (Wildman–Crippen MR) is 135 cm³/mol. The molecule has 0 spiro atoms. The van der Waals surface area contributed by atoms with Gasteiger partial charge in [-0.2, -0.15) is 0 Å². The van der Waals surface area contributed by atoms with Crippen molar-refractivity contribution in [2.45, 2.75) is 45.6 Å². The third-order valence-corrected chi connectivity index (χ3v) is 7.40. The molecule has 3 aromatic rings. The van der Waals surface area contributed by atoms with E-state index in [1.165, 1.54) is 16.0 Å². The van der Waals surface area contributed by atoms with Crippen LogP contribution in [-0.2, 0) is 17.6 Å². The van der Waals surface area contributed by atoms with Gasteiger partial charge in [0.05, 0.1) is 6.04 Å². The third-order valence-electron chi connectivity index (χ3n) is 6.41. The van der Waals surface area contributed by atoms with Crippen LogP contribution in [0, 0.1) is 0 Å². The minimum atomic E-state index is -0.0966. The maximum atomic E-state index is 13.7. The Labute approximate surface area is 200 Å². The summed E-state index contributed by atoms with van der Waals surface area (Å²) in [6.07, 6.45) is 3.65. The van der Waals surface area contributed by atoms with E-state index in [0.29, 0.717) is 18.7 Å². The summed E-state index contributed by atoms with van der Waals surface area (Å²) in [5.74, 6) is -0.0562. The lowest BCUT2D eigenvalue weighted by Crippen LogP contribution is -2.47. The van der Waals surface area contributed by atoms with Gasteiger partial charge in [-0.15, -0.1) is 11.3 Å². The molecule has 33 heavy (non-hydrogen) atoms. The van der Waals surface area contributed by atoms with E-state index < -0.39 is 0 Å². The molecule has 1 aromatic heterocycles. The van der Waals surface area contributed by atoms with Gasteiger partial charge in [-0.05, 0) is 59.5 Å². The molecule has 0 saturated heterocycles. The first kappa shape index (κ1) is 23.2. The second kappa shape index (κ2) is 10.8. The monoisotopic (exact) mass is 460 g/mol. The van der Waals surface area contributed by atoms with Crippen molar-refractivity contribution in [2.24, 2.45) is 0 Å². The smallest absolute Gasteiger partial charge is 0.254 e. The normalized spacial score (nSPS) is 15.2. The average Bonchev–Trinajstić information content (AvgIpc) is 3.35. The number of hydrogen-bond acceptors (Lipinski definition) is 3. The highest BCUT2D eigenvalue weighted by Crippen LogP contribution is 2.37. The van der Waals surface area contributed by atoms with Gasteiger partial charge in [0.1, 0.15) is 6.54 Å². The number of carbonyl (C=O) groups excluding carboxylic acids is 2. The maximum absolute atomic E-state index is 13.7. The van der Waals surface area contributed by atoms with Crippen molar-refractivity contribution in [1.82, 2.24) is 9.80 Å². The first-order chi connectivity index (χ1) is 16.1. The molecular formula is C28H32N2O2S. The molecule has 0 N–H and O–H groups in total. The molecule has 2 aromatic carbocycles. The van der Waals surface area contributed by atoms with Gasteiger partial charge in [0.2, 0.25) is 5.91 Å². The van der Waals surface area contributed by atoms with Gasteiger partial charge in [-0.1, -0.05) is 62.7 Å². The fraction of sp³-hybridized carbons (Fsp3) is 0.357. The molecule has 172 valence electrons. The zero-order chi connectivity index (χ0) is 23.2. The van der Waals surface area contributed by atoms with E-state index in [4.69, 9.17) is 0 Å². The van der Waals surface area contributed by atoms with E-state index in [0.717, 1.165) is 31.2 Å². The van der Waals surface area contributed by atoms with Crippen molar-refractivity contribution in [1.29, 1.82) is 0 Å². The van der Waals surface area contributed by atoms with Crippen molar-refractivity contribution in [3.05, 3.63) is 93.2 Å². The number of carbonyl (C=O) groups is 2. The molecule has 0 fully saturated rings. The highest BCUT2D eigenvalue weighted by molar-refractivity contribution is 7.10. The summed E-state index contributed by atoms with van der Waals surface area (Å²) in [6, 6.07) is 20.1. The number of aryl methyl sites for hydroxylation is 1. The Morgan fingerprint density at radius 3 is 2.48 bits per heavy atom. The van der Waals surface area contributed by atoms with E-state index in [1.807, 2.05) is 47.4 Å². The molecule has 2 heterocycles. The van der Waals surface area contributed by atoms with Gasteiger partial charge in [0.15, 0.2) is 0 Å². The molecule has 0 aliphatic carbocycles. The summed E-state index contributed by atoms with van der Waals surface area (Å²) in [5.41, 5.74) is 4.18. The van der Waals surface area contributed by atoms with Crippen LogP contribution in [0.15, 0.2) is 66.0 Å². The lowest BCUT2D eigenvalue weighted by Gasteiger charge is -2.37. The second-order valence-electron chi connectivity index (χ2n) is 8.58. The van der Waals surface area contributed by atoms with Crippen LogP contribution in [0.4, 0.5) is 0 Å². The van der Waals surface area contributed by atoms with Crippen molar-refractivity contribution in [3.8, 4) is 0 Å². The topological polar surface area (TPSA) is 40.6 Å². The Bertz CT molecular complexity index is 1070. The van der Waals surface area contributed by atoms with E-state index in [9.17, 15) is 9.59 Å². The van der Waals surface area contributed by atoms with E-state index in [1.54, 1.807) is 16.2 Å². The fourth-order valence-electron chi connectivity index (χ4n) is 4.50. The van der Waals surface area contributed by atoms with E-state index in [2.05, 4.69) is 37.4 Å². The lowest BCUT2D eigenvalue weighted by atomic mass is 9.93. The summed E-state index contributed by atoms with van der Waals surface area (Å²) < 4.78 is 0. The zero-order valence-electron chi connectivity index (χ0n) is 19.5. The fourth-order valence-corrected chi connectivity index (χ4v) is 5.40. The van der Waals surface area contributed by atoms with Gasteiger partial charge < -0.3 is 9.80 Å². The van der Waals surface area contributed by atoms with Crippen molar-refractivity contribution in [3.63, 3.8) is 0 Å². The number of benzene rings is 2. The van der Waals surface area contributed by atoms with Gasteiger partial charge in [0, 0.05) is 23.5 Å². The van der Waals surface area contributed by atoms with Crippen LogP contribution in [0.2, 0.25) is 0 Å². The minimum absolute atomic E-state index is 0.00957. The number of nitrogens with zero attached hydrogens (tertiary/aromatic N) is 2. The minimum Gasteiger partial charge on any atom is -0.330 e. The summed E-state index contributed by atoms with van der Waals surface area (Å²) in [5, 5.41) is 2.12. The Balaban J connectivity index is 1.58. The SMILES string of the molecule is CCCCN(CC(=O)N1CCc2sccc2C1c1ccccc1)C(=O)c1ccc(CC)cc1. The summed E-state index contributed by atoms with van der Waals surface area (Å²) in [6.45, 7) is 5.58. The number of unbranched alkanes of at least 4 members (excludes halogenated alkanes) is 1. The molecular weight excluding hydrogens is 428 g/mol. The molecule has 1 aliphatic rings. The van der Waals surface area contributed by atoms with Gasteiger partial charge in [-0.3, -0.25) is 9.59 Å². The number of rotatable bonds is 8. The molecule has 5 heteroatoms. The van der Waals surface area contributed by atoms with Crippen molar-refractivity contribution in [2.75, 3.05) is 19.6 Å². The van der Waals surface area contributed by atoms with Gasteiger partial charge in [0.25, 0.3) is 5.91 Å². The number of fused-ring (bicyclic) bond motifs is 1. The van der Waals surface area contributed by atoms with Crippen LogP contribution in [0.25, 0.3) is 0 Å². The van der Waals surface area contributed by atoms with Crippen molar-refractivity contribution >= 4 is 23.2 Å². The molecule has 1 unspecified atom stereocenters. The average molecular weight is 461 g/mol. The first-order valence-electron chi connectivity index (χ1n) is 11.9. The third kappa shape index (κ3) is 5.19. The predicted octanol–water partition coefficient (Wildman–Crippen LogP) is 5.73. The highest BCUT2D eigenvalue weighted by atomic mass is 32.1. The molecule has 1 aliphatic heterocycles. The molecule has 2 amide bonds. The quantitative estimate of drug-likeness (QED) is 0.431. The van der Waals surface area contributed by atoms with Crippen molar-refractivity contribution < 1.29 is 9.59 Å². The molecule has 4 rings (SSSR count). The van der Waals surface area contributed by atoms with Crippen LogP contribution in [0.3, 0.4) is 0 Å². The van der Waals surface area contributed by atoms with Crippen LogP contribution in [0.1, 0.15) is 64.7 Å². The number of amides is 2. The Hall–Kier alpha value is -2.92. The standard InChI is InChI=1S/C28H32N2O2S/c1-3-5-17-29(28(32)23-13-11-21(4-2)12-14-23)20-26(31)30-18-15-25-24(16-19-33-25)27(30)22-9-7-6-8-10-22/h6-14,16,19,27H,3-5,15,17-18,20H2,1-2H3. The summed E-state index contributed by atoms with van der Waals surface area (Å²) in [7, 11) is 0. The first-order valence-corrected chi connectivity index (χ1v) is 12.8. The van der Waals surface area contributed by atoms with Gasteiger partial charge >= 0.3 is 0 Å². The summed E-state index contributed by atoms with van der Waals surface area (Å²) in [4.78, 5) is 32.0. The lowest BCUT2D eigenvalue weighted by molar-refractivity contribution is -0.134. The molecule has 0 radical (unpaired) electrons. The van der Waals surface area contributed by atoms with Crippen LogP contribution < -0.4 is 0 Å². The molecule has 0 bridgehead atoms. The molecule has 4 nitrogen and oxygen atoms in total. The molecule has 0 saturated carbocycles. The Kier molecular flexibility index (Phi) is 7.61. The Morgan fingerprint density at radius 2 is 1.79 bits per heavy atom. The molecule has 1 atom stereocenters. The van der Waals surface area contributed by atoms with E-state index in [-0.39, 0.29) is 24.4 Å². The Morgan fingerprint density at radius 1 is 1.03 bits per heavy atom. The summed E-state index contributed by atoms with van der Waals surface area (Å²) >= 11 is 1.77. The van der Waals surface area contributed by atoms with Crippen LogP contribution >= 0.6 is 11.3 Å². The van der Waals surface area contributed by atoms with Crippen LogP contribution in [0.5, 0.6) is 0 Å². The second-order valence-corrected chi connectivity index (χ2v) is 9.58. The zero-order valence-corrected chi connectivity index (χ0v) is 20.3.